The molecule has 0 aliphatic carbocycles. The van der Waals surface area contributed by atoms with Gasteiger partial charge in [0.05, 0.1) is 39.9 Å². The monoisotopic (exact) mass is 333 g/mol. The largest absolute Gasteiger partial charge is 0.497 e. The van der Waals surface area contributed by atoms with Gasteiger partial charge >= 0.3 is 5.63 Å². The van der Waals surface area contributed by atoms with Crippen molar-refractivity contribution in [3.05, 3.63) is 40.2 Å². The normalized spacial score (nSPS) is 15.7. The van der Waals surface area contributed by atoms with E-state index >= 15 is 0 Å². The lowest BCUT2D eigenvalue weighted by atomic mass is 10.1. The van der Waals surface area contributed by atoms with Crippen LogP contribution in [0.1, 0.15) is 10.4 Å². The van der Waals surface area contributed by atoms with E-state index in [9.17, 15) is 9.59 Å². The standard InChI is InChI=1S/C17H20N2O5/c1-23-13-2-3-15-12(10-13)11-14(17(22)24-15)16(21)19-6-4-18(5-7-19)8-9-20/h2-3,10-11,20H,4-9H2,1H3/p+1. The van der Waals surface area contributed by atoms with Crippen LogP contribution in [0.5, 0.6) is 5.75 Å². The highest BCUT2D eigenvalue weighted by molar-refractivity contribution is 5.96. The van der Waals surface area contributed by atoms with Gasteiger partial charge in [-0.15, -0.1) is 0 Å². The number of benzene rings is 1. The van der Waals surface area contributed by atoms with E-state index in [2.05, 4.69) is 0 Å². The Morgan fingerprint density at radius 1 is 1.33 bits per heavy atom. The number of nitrogens with zero attached hydrogens (tertiary/aromatic N) is 1. The third-order valence-corrected chi connectivity index (χ3v) is 4.39. The summed E-state index contributed by atoms with van der Waals surface area (Å²) in [5.41, 5.74) is -0.154. The van der Waals surface area contributed by atoms with Gasteiger partial charge in [0.1, 0.15) is 23.4 Å². The summed E-state index contributed by atoms with van der Waals surface area (Å²) in [6.07, 6.45) is 0. The third kappa shape index (κ3) is 3.27. The minimum Gasteiger partial charge on any atom is -0.497 e. The van der Waals surface area contributed by atoms with Gasteiger partial charge in [-0.3, -0.25) is 4.79 Å². The average Bonchev–Trinajstić information content (AvgIpc) is 2.61. The van der Waals surface area contributed by atoms with E-state index in [1.54, 1.807) is 36.3 Å². The van der Waals surface area contributed by atoms with Crippen LogP contribution >= 0.6 is 0 Å². The van der Waals surface area contributed by atoms with Gasteiger partial charge in [0.2, 0.25) is 0 Å². The highest BCUT2D eigenvalue weighted by Crippen LogP contribution is 2.20. The van der Waals surface area contributed by atoms with E-state index in [4.69, 9.17) is 14.3 Å². The lowest BCUT2D eigenvalue weighted by Crippen LogP contribution is -3.15. The fraction of sp³-hybridized carbons (Fsp3) is 0.412. The van der Waals surface area contributed by atoms with E-state index in [0.29, 0.717) is 36.4 Å². The van der Waals surface area contributed by atoms with Crippen molar-refractivity contribution in [2.45, 2.75) is 0 Å². The van der Waals surface area contributed by atoms with Crippen LogP contribution in [0.25, 0.3) is 11.0 Å². The molecule has 2 N–H and O–H groups in total. The molecular formula is C17H21N2O5+. The van der Waals surface area contributed by atoms with Crippen LogP contribution in [-0.4, -0.2) is 62.4 Å². The minimum absolute atomic E-state index is 0.0429. The Bertz CT molecular complexity index is 793. The Morgan fingerprint density at radius 3 is 2.75 bits per heavy atom. The second kappa shape index (κ2) is 7.02. The summed E-state index contributed by atoms with van der Waals surface area (Å²) >= 11 is 0. The number of fused-ring (bicyclic) bond motifs is 1. The number of aliphatic hydroxyl groups is 1. The SMILES string of the molecule is COc1ccc2oc(=O)c(C(=O)N3CC[NH+](CCO)CC3)cc2c1. The van der Waals surface area contributed by atoms with Crippen molar-refractivity contribution >= 4 is 16.9 Å². The number of rotatable bonds is 4. The summed E-state index contributed by atoms with van der Waals surface area (Å²) < 4.78 is 10.4. The highest BCUT2D eigenvalue weighted by Gasteiger charge is 2.26. The van der Waals surface area contributed by atoms with Crippen LogP contribution in [-0.2, 0) is 0 Å². The number of amides is 1. The maximum absolute atomic E-state index is 12.7. The molecule has 1 aliphatic rings. The zero-order chi connectivity index (χ0) is 17.1. The average molecular weight is 333 g/mol. The zero-order valence-corrected chi connectivity index (χ0v) is 13.6. The smallest absolute Gasteiger partial charge is 0.349 e. The number of piperazine rings is 1. The molecule has 1 aromatic carbocycles. The first-order chi connectivity index (χ1) is 11.6. The van der Waals surface area contributed by atoms with Crippen molar-refractivity contribution in [2.75, 3.05) is 46.4 Å². The van der Waals surface area contributed by atoms with E-state index in [0.717, 1.165) is 13.1 Å². The summed E-state index contributed by atoms with van der Waals surface area (Å²) in [7, 11) is 1.56. The Kier molecular flexibility index (Phi) is 4.82. The van der Waals surface area contributed by atoms with Crippen LogP contribution in [0.3, 0.4) is 0 Å². The van der Waals surface area contributed by atoms with Gasteiger partial charge in [-0.2, -0.15) is 0 Å². The Morgan fingerprint density at radius 2 is 2.08 bits per heavy atom. The van der Waals surface area contributed by atoms with E-state index in [1.807, 2.05) is 0 Å². The number of hydrogen-bond acceptors (Lipinski definition) is 5. The van der Waals surface area contributed by atoms with Gasteiger partial charge in [-0.1, -0.05) is 0 Å². The van der Waals surface area contributed by atoms with Crippen molar-refractivity contribution in [3.8, 4) is 5.75 Å². The van der Waals surface area contributed by atoms with E-state index < -0.39 is 5.63 Å². The van der Waals surface area contributed by atoms with Crippen LogP contribution in [0.2, 0.25) is 0 Å². The molecule has 1 amide bonds. The second-order valence-corrected chi connectivity index (χ2v) is 5.87. The molecule has 0 unspecified atom stereocenters. The van der Waals surface area contributed by atoms with E-state index in [1.165, 1.54) is 4.90 Å². The van der Waals surface area contributed by atoms with Crippen LogP contribution in [0.4, 0.5) is 0 Å². The van der Waals surface area contributed by atoms with Crippen molar-refractivity contribution < 1.29 is 24.0 Å². The molecule has 1 aromatic heterocycles. The fourth-order valence-electron chi connectivity index (χ4n) is 2.98. The van der Waals surface area contributed by atoms with Crippen molar-refractivity contribution in [2.24, 2.45) is 0 Å². The van der Waals surface area contributed by atoms with Crippen LogP contribution < -0.4 is 15.3 Å². The first-order valence-electron chi connectivity index (χ1n) is 7.98. The van der Waals surface area contributed by atoms with Crippen molar-refractivity contribution in [3.63, 3.8) is 0 Å². The molecular weight excluding hydrogens is 312 g/mol. The van der Waals surface area contributed by atoms with Gasteiger partial charge in [0.15, 0.2) is 0 Å². The first-order valence-corrected chi connectivity index (χ1v) is 7.98. The number of methoxy groups -OCH3 is 1. The predicted octanol–water partition coefficient (Wildman–Crippen LogP) is -0.865. The van der Waals surface area contributed by atoms with Crippen LogP contribution in [0, 0.1) is 0 Å². The summed E-state index contributed by atoms with van der Waals surface area (Å²) in [6, 6.07) is 6.66. The number of nitrogens with one attached hydrogen (secondary N) is 1. The van der Waals surface area contributed by atoms with Gasteiger partial charge < -0.3 is 24.1 Å². The van der Waals surface area contributed by atoms with Gasteiger partial charge in [0.25, 0.3) is 5.91 Å². The molecule has 0 radical (unpaired) electrons. The quantitative estimate of drug-likeness (QED) is 0.711. The molecule has 0 saturated carbocycles. The Hall–Kier alpha value is -2.38. The number of quaternary nitrogens is 1. The summed E-state index contributed by atoms with van der Waals surface area (Å²) in [5, 5.41) is 9.64. The zero-order valence-electron chi connectivity index (χ0n) is 13.6. The van der Waals surface area contributed by atoms with Crippen molar-refractivity contribution in [1.29, 1.82) is 0 Å². The maximum atomic E-state index is 12.7. The van der Waals surface area contributed by atoms with Gasteiger partial charge in [-0.25, -0.2) is 4.79 Å². The summed E-state index contributed by atoms with van der Waals surface area (Å²) in [4.78, 5) is 27.7. The Balaban J connectivity index is 1.84. The molecule has 0 spiro atoms. The lowest BCUT2D eigenvalue weighted by Gasteiger charge is -2.31. The molecule has 0 atom stereocenters. The van der Waals surface area contributed by atoms with Gasteiger partial charge in [-0.05, 0) is 24.3 Å². The molecule has 2 heterocycles. The van der Waals surface area contributed by atoms with Crippen LogP contribution in [0.15, 0.2) is 33.5 Å². The summed E-state index contributed by atoms with van der Waals surface area (Å²) in [6.45, 7) is 3.46. The molecule has 1 fully saturated rings. The highest BCUT2D eigenvalue weighted by atomic mass is 16.5. The molecule has 3 rings (SSSR count). The number of hydrogen-bond donors (Lipinski definition) is 2. The topological polar surface area (TPSA) is 84.4 Å². The molecule has 1 aliphatic heterocycles. The van der Waals surface area contributed by atoms with Crippen molar-refractivity contribution in [1.82, 2.24) is 4.90 Å². The predicted molar refractivity (Wildman–Crippen MR) is 87.6 cm³/mol. The molecule has 7 nitrogen and oxygen atoms in total. The fourth-order valence-corrected chi connectivity index (χ4v) is 2.98. The van der Waals surface area contributed by atoms with Gasteiger partial charge in [0, 0.05) is 5.39 Å². The number of ether oxygens (including phenoxy) is 1. The number of carbonyl (C=O) groups excluding carboxylic acids is 1. The second-order valence-electron chi connectivity index (χ2n) is 5.87. The number of carbonyl (C=O) groups is 1. The molecule has 128 valence electrons. The third-order valence-electron chi connectivity index (χ3n) is 4.39. The molecule has 24 heavy (non-hydrogen) atoms. The molecule has 1 saturated heterocycles. The molecule has 7 heteroatoms. The number of aliphatic hydroxyl groups excluding tert-OH is 1. The Labute approximate surface area is 139 Å². The lowest BCUT2D eigenvalue weighted by molar-refractivity contribution is -0.904. The van der Waals surface area contributed by atoms with E-state index in [-0.39, 0.29) is 18.1 Å². The molecule has 2 aromatic rings. The maximum Gasteiger partial charge on any atom is 0.349 e. The first kappa shape index (κ1) is 16.5. The molecule has 0 bridgehead atoms. The minimum atomic E-state index is -0.622. The summed E-state index contributed by atoms with van der Waals surface area (Å²) in [5.74, 6) is 0.326.